The number of alkyl halides is 3. The van der Waals surface area contributed by atoms with Crippen LogP contribution in [0.3, 0.4) is 0 Å². The molecule has 3 rings (SSSR count). The van der Waals surface area contributed by atoms with E-state index in [1.807, 2.05) is 0 Å². The van der Waals surface area contributed by atoms with E-state index in [0.29, 0.717) is 5.56 Å². The number of aliphatic hydroxyl groups is 1. The summed E-state index contributed by atoms with van der Waals surface area (Å²) in [6.07, 6.45) is -6.07. The van der Waals surface area contributed by atoms with Gasteiger partial charge in [0, 0.05) is 5.56 Å². The zero-order valence-electron chi connectivity index (χ0n) is 13.6. The Bertz CT molecular complexity index is 878. The maximum absolute atomic E-state index is 13.5. The third-order valence-electron chi connectivity index (χ3n) is 4.18. The van der Waals surface area contributed by atoms with Gasteiger partial charge in [0.2, 0.25) is 0 Å². The molecule has 0 spiro atoms. The van der Waals surface area contributed by atoms with Crippen LogP contribution in [0.2, 0.25) is 0 Å². The van der Waals surface area contributed by atoms with Gasteiger partial charge < -0.3 is 5.11 Å². The minimum absolute atomic E-state index is 0.000666. The molecule has 1 heterocycles. The SMILES string of the molecule is Cc1ccccc1C(=O)N1N=C(c2ccc(F)cc2)C[C@@]1(O)C(F)(F)F. The summed E-state index contributed by atoms with van der Waals surface area (Å²) in [5, 5.41) is 14.1. The van der Waals surface area contributed by atoms with E-state index in [1.165, 1.54) is 24.3 Å². The molecule has 0 aromatic heterocycles. The summed E-state index contributed by atoms with van der Waals surface area (Å²) in [5.74, 6) is -1.63. The van der Waals surface area contributed by atoms with Gasteiger partial charge in [-0.1, -0.05) is 30.3 Å². The number of rotatable bonds is 2. The van der Waals surface area contributed by atoms with Crippen LogP contribution >= 0.6 is 0 Å². The van der Waals surface area contributed by atoms with Crippen molar-refractivity contribution in [1.82, 2.24) is 5.01 Å². The van der Waals surface area contributed by atoms with Crippen LogP contribution < -0.4 is 0 Å². The minimum atomic E-state index is -5.13. The van der Waals surface area contributed by atoms with Crippen LogP contribution in [0.15, 0.2) is 53.6 Å². The Balaban J connectivity index is 2.07. The molecule has 8 heteroatoms. The van der Waals surface area contributed by atoms with Gasteiger partial charge in [0.15, 0.2) is 0 Å². The fourth-order valence-electron chi connectivity index (χ4n) is 2.71. The highest BCUT2D eigenvalue weighted by molar-refractivity contribution is 6.05. The molecule has 0 aliphatic carbocycles. The van der Waals surface area contributed by atoms with Gasteiger partial charge in [-0.15, -0.1) is 0 Å². The number of hydrogen-bond donors (Lipinski definition) is 1. The first-order chi connectivity index (χ1) is 12.1. The summed E-state index contributed by atoms with van der Waals surface area (Å²) in [6.45, 7) is 1.57. The molecule has 1 N–H and O–H groups in total. The number of carbonyl (C=O) groups is 1. The van der Waals surface area contributed by atoms with Crippen molar-refractivity contribution in [2.45, 2.75) is 25.2 Å². The number of benzene rings is 2. The third-order valence-corrected chi connectivity index (χ3v) is 4.18. The van der Waals surface area contributed by atoms with Gasteiger partial charge in [-0.25, -0.2) is 4.39 Å². The van der Waals surface area contributed by atoms with Gasteiger partial charge in [0.1, 0.15) is 5.82 Å². The lowest BCUT2D eigenvalue weighted by Gasteiger charge is -2.32. The molecule has 0 radical (unpaired) electrons. The van der Waals surface area contributed by atoms with E-state index in [1.54, 1.807) is 19.1 Å². The number of carbonyl (C=O) groups excluding carboxylic acids is 1. The number of halogens is 4. The average molecular weight is 366 g/mol. The molecule has 1 atom stereocenters. The van der Waals surface area contributed by atoms with Gasteiger partial charge in [-0.2, -0.15) is 23.3 Å². The van der Waals surface area contributed by atoms with Gasteiger partial charge in [0.05, 0.1) is 12.1 Å². The topological polar surface area (TPSA) is 52.9 Å². The van der Waals surface area contributed by atoms with Crippen molar-refractivity contribution >= 4 is 11.6 Å². The second kappa shape index (κ2) is 6.21. The van der Waals surface area contributed by atoms with Crippen LogP contribution in [0.4, 0.5) is 17.6 Å². The predicted octanol–water partition coefficient (Wildman–Crippen LogP) is 3.64. The summed E-state index contributed by atoms with van der Waals surface area (Å²) in [4.78, 5) is 12.7. The Morgan fingerprint density at radius 1 is 1.15 bits per heavy atom. The first-order valence-corrected chi connectivity index (χ1v) is 7.66. The van der Waals surface area contributed by atoms with E-state index in [0.717, 1.165) is 12.1 Å². The normalized spacial score (nSPS) is 20.2. The second-order valence-corrected chi connectivity index (χ2v) is 5.98. The summed E-state index contributed by atoms with van der Waals surface area (Å²) < 4.78 is 53.7. The Morgan fingerprint density at radius 3 is 2.35 bits per heavy atom. The lowest BCUT2D eigenvalue weighted by molar-refractivity contribution is -0.297. The Hall–Kier alpha value is -2.74. The zero-order valence-corrected chi connectivity index (χ0v) is 13.6. The molecule has 0 saturated carbocycles. The second-order valence-electron chi connectivity index (χ2n) is 5.98. The average Bonchev–Trinajstić information content (AvgIpc) is 2.94. The number of hydrogen-bond acceptors (Lipinski definition) is 3. The molecular formula is C18H14F4N2O2. The highest BCUT2D eigenvalue weighted by Crippen LogP contribution is 2.42. The fourth-order valence-corrected chi connectivity index (χ4v) is 2.71. The van der Waals surface area contributed by atoms with Crippen molar-refractivity contribution in [3.8, 4) is 0 Å². The largest absolute Gasteiger partial charge is 0.438 e. The number of hydrazone groups is 1. The van der Waals surface area contributed by atoms with E-state index >= 15 is 0 Å². The molecule has 2 aromatic carbocycles. The molecule has 0 bridgehead atoms. The quantitative estimate of drug-likeness (QED) is 0.825. The van der Waals surface area contributed by atoms with Crippen LogP contribution in [0.1, 0.15) is 27.9 Å². The zero-order chi connectivity index (χ0) is 19.1. The maximum Gasteiger partial charge on any atom is 0.438 e. The molecule has 1 amide bonds. The molecule has 0 unspecified atom stereocenters. The standard InChI is InChI=1S/C18H14F4N2O2/c1-11-4-2-3-5-14(11)16(25)24-17(26,18(20,21)22)10-15(23-24)12-6-8-13(19)9-7-12/h2-9,26H,10H2,1H3/t17-/m1/s1. The van der Waals surface area contributed by atoms with Crippen molar-refractivity contribution in [1.29, 1.82) is 0 Å². The van der Waals surface area contributed by atoms with Crippen LogP contribution in [0, 0.1) is 12.7 Å². The highest BCUT2D eigenvalue weighted by Gasteiger charge is 2.63. The van der Waals surface area contributed by atoms with Crippen LogP contribution in [-0.4, -0.2) is 33.6 Å². The maximum atomic E-state index is 13.5. The Kier molecular flexibility index (Phi) is 4.31. The lowest BCUT2D eigenvalue weighted by Crippen LogP contribution is -2.56. The molecule has 0 saturated heterocycles. The Labute approximate surface area is 146 Å². The highest BCUT2D eigenvalue weighted by atomic mass is 19.4. The summed E-state index contributed by atoms with van der Waals surface area (Å²) >= 11 is 0. The van der Waals surface area contributed by atoms with Gasteiger partial charge in [-0.3, -0.25) is 4.79 Å². The van der Waals surface area contributed by atoms with Crippen molar-refractivity contribution < 1.29 is 27.5 Å². The number of amides is 1. The van der Waals surface area contributed by atoms with E-state index in [9.17, 15) is 27.5 Å². The van der Waals surface area contributed by atoms with Gasteiger partial charge >= 0.3 is 6.18 Å². The van der Waals surface area contributed by atoms with E-state index in [4.69, 9.17) is 0 Å². The third kappa shape index (κ3) is 2.96. The first-order valence-electron chi connectivity index (χ1n) is 7.66. The summed E-state index contributed by atoms with van der Waals surface area (Å²) in [5.41, 5.74) is -3.00. The summed E-state index contributed by atoms with van der Waals surface area (Å²) in [6, 6.07) is 10.7. The fraction of sp³-hybridized carbons (Fsp3) is 0.222. The molecule has 2 aromatic rings. The van der Waals surface area contributed by atoms with E-state index in [2.05, 4.69) is 5.10 Å². The molecule has 1 aliphatic rings. The number of nitrogens with zero attached hydrogens (tertiary/aromatic N) is 2. The van der Waals surface area contributed by atoms with Gasteiger partial charge in [-0.05, 0) is 36.2 Å². The predicted molar refractivity (Wildman–Crippen MR) is 85.9 cm³/mol. The van der Waals surface area contributed by atoms with Crippen molar-refractivity contribution in [2.75, 3.05) is 0 Å². The van der Waals surface area contributed by atoms with Crippen molar-refractivity contribution in [3.05, 3.63) is 71.0 Å². The molecular weight excluding hydrogens is 352 g/mol. The van der Waals surface area contributed by atoms with E-state index in [-0.39, 0.29) is 21.8 Å². The Morgan fingerprint density at radius 2 is 1.77 bits per heavy atom. The molecule has 136 valence electrons. The van der Waals surface area contributed by atoms with E-state index < -0.39 is 30.0 Å². The minimum Gasteiger partial charge on any atom is -0.362 e. The monoisotopic (exact) mass is 366 g/mol. The van der Waals surface area contributed by atoms with Crippen LogP contribution in [-0.2, 0) is 0 Å². The van der Waals surface area contributed by atoms with Crippen LogP contribution in [0.5, 0.6) is 0 Å². The van der Waals surface area contributed by atoms with Crippen LogP contribution in [0.25, 0.3) is 0 Å². The molecule has 1 aliphatic heterocycles. The molecule has 4 nitrogen and oxygen atoms in total. The number of aryl methyl sites for hydroxylation is 1. The lowest BCUT2D eigenvalue weighted by atomic mass is 10.00. The summed E-state index contributed by atoms with van der Waals surface area (Å²) in [7, 11) is 0. The smallest absolute Gasteiger partial charge is 0.362 e. The first kappa shape index (κ1) is 18.1. The van der Waals surface area contributed by atoms with Crippen molar-refractivity contribution in [3.63, 3.8) is 0 Å². The van der Waals surface area contributed by atoms with Gasteiger partial charge in [0.25, 0.3) is 11.6 Å². The van der Waals surface area contributed by atoms with Crippen molar-refractivity contribution in [2.24, 2.45) is 5.10 Å². The molecule has 26 heavy (non-hydrogen) atoms. The molecule has 0 fully saturated rings.